The number of likely N-dealkylation sites (tertiary alicyclic amines) is 1. The first-order valence-corrected chi connectivity index (χ1v) is 7.91. The van der Waals surface area contributed by atoms with E-state index in [1.807, 2.05) is 12.1 Å². The molecule has 7 heteroatoms. The molecule has 124 valence electrons. The molecule has 0 saturated carbocycles. The van der Waals surface area contributed by atoms with Gasteiger partial charge >= 0.3 is 0 Å². The van der Waals surface area contributed by atoms with Crippen LogP contribution >= 0.6 is 0 Å². The Bertz CT molecular complexity index is 693. The number of rotatable bonds is 6. The number of carbonyl (C=O) groups excluding carboxylic acids is 2. The van der Waals surface area contributed by atoms with Crippen molar-refractivity contribution in [2.75, 3.05) is 13.1 Å². The molecule has 1 fully saturated rings. The molecule has 2 aromatic heterocycles. The fourth-order valence-corrected chi connectivity index (χ4v) is 2.73. The first-order valence-electron chi connectivity index (χ1n) is 7.91. The molecule has 1 unspecified atom stereocenters. The summed E-state index contributed by atoms with van der Waals surface area (Å²) in [7, 11) is 0. The number of nitrogens with one attached hydrogen (secondary N) is 1. The van der Waals surface area contributed by atoms with Gasteiger partial charge in [-0.2, -0.15) is 0 Å². The van der Waals surface area contributed by atoms with E-state index in [0.717, 1.165) is 11.3 Å². The summed E-state index contributed by atoms with van der Waals surface area (Å²) in [5, 5.41) is 2.88. The second-order valence-corrected chi connectivity index (χ2v) is 5.77. The van der Waals surface area contributed by atoms with Gasteiger partial charge in [0.05, 0.1) is 11.6 Å². The number of hydrogen-bond acceptors (Lipinski definition) is 5. The summed E-state index contributed by atoms with van der Waals surface area (Å²) in [6, 6.07) is 3.76. The second kappa shape index (κ2) is 7.63. The number of carbonyl (C=O) groups is 2. The maximum absolute atomic E-state index is 12.2. The predicted octanol–water partition coefficient (Wildman–Crippen LogP) is 0.579. The molecule has 24 heavy (non-hydrogen) atoms. The van der Waals surface area contributed by atoms with Gasteiger partial charge in [-0.1, -0.05) is 6.07 Å². The van der Waals surface area contributed by atoms with Crippen LogP contribution in [0, 0.1) is 5.92 Å². The lowest BCUT2D eigenvalue weighted by Crippen LogP contribution is -2.34. The summed E-state index contributed by atoms with van der Waals surface area (Å²) in [5.74, 6) is -0.370. The molecule has 3 heterocycles. The predicted molar refractivity (Wildman–Crippen MR) is 86.5 cm³/mol. The van der Waals surface area contributed by atoms with Crippen molar-refractivity contribution in [2.24, 2.45) is 5.92 Å². The molecule has 0 spiro atoms. The van der Waals surface area contributed by atoms with Crippen LogP contribution in [0.3, 0.4) is 0 Å². The number of aromatic nitrogens is 3. The summed E-state index contributed by atoms with van der Waals surface area (Å²) in [6.07, 6.45) is 9.24. The average molecular weight is 325 g/mol. The summed E-state index contributed by atoms with van der Waals surface area (Å²) in [5.41, 5.74) is 1.80. The van der Waals surface area contributed by atoms with Crippen molar-refractivity contribution in [3.8, 4) is 0 Å². The SMILES string of the molecule is O=C(NCCc1cnccn1)C1CC(=O)N(Cc2cccnc2)C1. The standard InChI is InChI=1S/C17H19N5O2/c23-16-8-14(12-22(16)11-13-2-1-4-18-9-13)17(24)21-5-3-15-10-19-6-7-20-15/h1-2,4,6-7,9-10,14H,3,5,8,11-12H2,(H,21,24). The third kappa shape index (κ3) is 4.13. The fourth-order valence-electron chi connectivity index (χ4n) is 2.73. The topological polar surface area (TPSA) is 88.1 Å². The third-order valence-corrected chi connectivity index (χ3v) is 3.98. The highest BCUT2D eigenvalue weighted by atomic mass is 16.2. The molecule has 0 aliphatic carbocycles. The first kappa shape index (κ1) is 16.0. The molecule has 3 rings (SSSR count). The molecule has 2 aromatic rings. The van der Waals surface area contributed by atoms with E-state index in [1.54, 1.807) is 35.9 Å². The van der Waals surface area contributed by atoms with Crippen molar-refractivity contribution in [3.05, 3.63) is 54.4 Å². The van der Waals surface area contributed by atoms with Crippen molar-refractivity contribution in [1.82, 2.24) is 25.2 Å². The molecule has 1 aliphatic rings. The van der Waals surface area contributed by atoms with E-state index in [9.17, 15) is 9.59 Å². The zero-order chi connectivity index (χ0) is 16.8. The molecule has 7 nitrogen and oxygen atoms in total. The van der Waals surface area contributed by atoms with E-state index in [0.29, 0.717) is 26.1 Å². The molecular weight excluding hydrogens is 306 g/mol. The molecule has 1 N–H and O–H groups in total. The number of amides is 2. The zero-order valence-electron chi connectivity index (χ0n) is 13.3. The number of nitrogens with zero attached hydrogens (tertiary/aromatic N) is 4. The Hall–Kier alpha value is -2.83. The highest BCUT2D eigenvalue weighted by molar-refractivity contribution is 5.89. The summed E-state index contributed by atoms with van der Waals surface area (Å²) >= 11 is 0. The van der Waals surface area contributed by atoms with Crippen molar-refractivity contribution >= 4 is 11.8 Å². The Balaban J connectivity index is 1.47. The first-order chi connectivity index (χ1) is 11.7. The highest BCUT2D eigenvalue weighted by Crippen LogP contribution is 2.20. The summed E-state index contributed by atoms with van der Waals surface area (Å²) < 4.78 is 0. The largest absolute Gasteiger partial charge is 0.355 e. The van der Waals surface area contributed by atoms with Crippen LogP contribution in [0.2, 0.25) is 0 Å². The van der Waals surface area contributed by atoms with E-state index in [4.69, 9.17) is 0 Å². The van der Waals surface area contributed by atoms with Crippen LogP contribution in [0.1, 0.15) is 17.7 Å². The lowest BCUT2D eigenvalue weighted by atomic mass is 10.1. The van der Waals surface area contributed by atoms with Crippen LogP contribution in [0.25, 0.3) is 0 Å². The lowest BCUT2D eigenvalue weighted by Gasteiger charge is -2.16. The Kier molecular flexibility index (Phi) is 5.10. The Morgan fingerprint density at radius 1 is 1.25 bits per heavy atom. The Labute approximate surface area is 140 Å². The van der Waals surface area contributed by atoms with Crippen LogP contribution in [0.15, 0.2) is 43.1 Å². The molecule has 0 aromatic carbocycles. The molecule has 1 atom stereocenters. The molecule has 2 amide bonds. The van der Waals surface area contributed by atoms with E-state index < -0.39 is 0 Å². The van der Waals surface area contributed by atoms with Crippen molar-refractivity contribution in [3.63, 3.8) is 0 Å². The molecule has 1 aliphatic heterocycles. The summed E-state index contributed by atoms with van der Waals surface area (Å²) in [4.78, 5) is 38.2. The van der Waals surface area contributed by atoms with Gasteiger partial charge in [0.1, 0.15) is 0 Å². The van der Waals surface area contributed by atoms with Gasteiger partial charge < -0.3 is 10.2 Å². The van der Waals surface area contributed by atoms with Gasteiger partial charge in [-0.15, -0.1) is 0 Å². The Morgan fingerprint density at radius 2 is 2.12 bits per heavy atom. The van der Waals surface area contributed by atoms with E-state index in [-0.39, 0.29) is 24.2 Å². The quantitative estimate of drug-likeness (QED) is 0.839. The van der Waals surface area contributed by atoms with Crippen LogP contribution in [-0.4, -0.2) is 44.8 Å². The van der Waals surface area contributed by atoms with Gasteiger partial charge in [-0.25, -0.2) is 0 Å². The third-order valence-electron chi connectivity index (χ3n) is 3.98. The van der Waals surface area contributed by atoms with E-state index in [2.05, 4.69) is 20.3 Å². The van der Waals surface area contributed by atoms with Crippen molar-refractivity contribution < 1.29 is 9.59 Å². The maximum Gasteiger partial charge on any atom is 0.225 e. The Morgan fingerprint density at radius 3 is 2.88 bits per heavy atom. The minimum atomic E-state index is -0.295. The van der Waals surface area contributed by atoms with Gasteiger partial charge in [-0.05, 0) is 11.6 Å². The summed E-state index contributed by atoms with van der Waals surface area (Å²) in [6.45, 7) is 1.44. The monoisotopic (exact) mass is 325 g/mol. The molecule has 0 bridgehead atoms. The normalized spacial score (nSPS) is 17.1. The second-order valence-electron chi connectivity index (χ2n) is 5.77. The lowest BCUT2D eigenvalue weighted by molar-refractivity contribution is -0.129. The number of pyridine rings is 1. The molecular formula is C17H19N5O2. The minimum Gasteiger partial charge on any atom is -0.355 e. The molecule has 1 saturated heterocycles. The van der Waals surface area contributed by atoms with Crippen LogP contribution in [0.4, 0.5) is 0 Å². The van der Waals surface area contributed by atoms with Gasteiger partial charge in [0.15, 0.2) is 0 Å². The fraction of sp³-hybridized carbons (Fsp3) is 0.353. The van der Waals surface area contributed by atoms with Gasteiger partial charge in [-0.3, -0.25) is 24.5 Å². The van der Waals surface area contributed by atoms with Crippen molar-refractivity contribution in [1.29, 1.82) is 0 Å². The van der Waals surface area contributed by atoms with Gasteiger partial charge in [0, 0.05) is 63.5 Å². The van der Waals surface area contributed by atoms with Crippen LogP contribution < -0.4 is 5.32 Å². The zero-order valence-corrected chi connectivity index (χ0v) is 13.3. The number of hydrogen-bond donors (Lipinski definition) is 1. The maximum atomic E-state index is 12.2. The van der Waals surface area contributed by atoms with Gasteiger partial charge in [0.25, 0.3) is 0 Å². The minimum absolute atomic E-state index is 0.00734. The highest BCUT2D eigenvalue weighted by Gasteiger charge is 2.34. The van der Waals surface area contributed by atoms with E-state index >= 15 is 0 Å². The molecule has 0 radical (unpaired) electrons. The van der Waals surface area contributed by atoms with Crippen LogP contribution in [0.5, 0.6) is 0 Å². The van der Waals surface area contributed by atoms with Gasteiger partial charge in [0.2, 0.25) is 11.8 Å². The smallest absolute Gasteiger partial charge is 0.225 e. The van der Waals surface area contributed by atoms with E-state index in [1.165, 1.54) is 0 Å². The van der Waals surface area contributed by atoms with Crippen molar-refractivity contribution in [2.45, 2.75) is 19.4 Å². The van der Waals surface area contributed by atoms with Crippen LogP contribution in [-0.2, 0) is 22.6 Å². The average Bonchev–Trinajstić information content (AvgIpc) is 2.97.